The third-order valence-corrected chi connectivity index (χ3v) is 5.58. The summed E-state index contributed by atoms with van der Waals surface area (Å²) < 4.78 is 3.78. The number of hydrogen-bond acceptors (Lipinski definition) is 5. The fourth-order valence-electron chi connectivity index (χ4n) is 4.06. The molecule has 1 aliphatic rings. The van der Waals surface area contributed by atoms with Crippen LogP contribution in [-0.4, -0.2) is 58.6 Å². The van der Waals surface area contributed by atoms with Crippen LogP contribution in [0.4, 0.5) is 0 Å². The van der Waals surface area contributed by atoms with Crippen LogP contribution in [0.3, 0.4) is 0 Å². The molecule has 2 atom stereocenters. The number of pyridine rings is 1. The lowest BCUT2D eigenvalue weighted by Crippen LogP contribution is -2.45. The van der Waals surface area contributed by atoms with E-state index in [4.69, 9.17) is 0 Å². The Morgan fingerprint density at radius 3 is 3.15 bits per heavy atom. The van der Waals surface area contributed by atoms with E-state index >= 15 is 0 Å². The number of likely N-dealkylation sites (tertiary alicyclic amines) is 1. The Hall–Kier alpha value is -3.23. The van der Waals surface area contributed by atoms with Gasteiger partial charge in [0.05, 0.1) is 11.6 Å². The molecule has 1 amide bonds. The van der Waals surface area contributed by atoms with Crippen molar-refractivity contribution in [3.05, 3.63) is 37.1 Å². The Kier molecular flexibility index (Phi) is 3.66. The molecule has 0 unspecified atom stereocenters. The van der Waals surface area contributed by atoms with Crippen LogP contribution in [0.25, 0.3) is 21.9 Å². The molecule has 5 rings (SSSR count). The largest absolute Gasteiger partial charge is 0.346 e. The minimum atomic E-state index is 0.0455. The molecule has 0 aromatic carbocycles. The predicted octanol–water partition coefficient (Wildman–Crippen LogP) is 1.61. The summed E-state index contributed by atoms with van der Waals surface area (Å²) in [6.45, 7) is 3.88. The van der Waals surface area contributed by atoms with Crippen molar-refractivity contribution in [3.63, 3.8) is 0 Å². The van der Waals surface area contributed by atoms with E-state index in [1.165, 1.54) is 16.5 Å². The smallest absolute Gasteiger partial charge is 0.244 e. The van der Waals surface area contributed by atoms with Gasteiger partial charge in [0.2, 0.25) is 5.91 Å². The van der Waals surface area contributed by atoms with Gasteiger partial charge in [-0.05, 0) is 34.9 Å². The molecule has 1 fully saturated rings. The molecule has 9 nitrogen and oxygen atoms in total. The maximum Gasteiger partial charge on any atom is 0.244 e. The lowest BCUT2D eigenvalue weighted by molar-refractivity contribution is -0.134. The van der Waals surface area contributed by atoms with E-state index < -0.39 is 0 Å². The molecule has 0 aliphatic carbocycles. The van der Waals surface area contributed by atoms with Crippen LogP contribution in [0.5, 0.6) is 0 Å². The van der Waals surface area contributed by atoms with Crippen LogP contribution in [0, 0.1) is 5.92 Å². The summed E-state index contributed by atoms with van der Waals surface area (Å²) in [5.41, 5.74) is 2.06. The first kappa shape index (κ1) is 16.0. The SMILES string of the molecule is C[C@H]1CCN(C(=O)Cn2cnnn2)C[C@H]1n1ccc2cnc3[nH]ccc3c21. The van der Waals surface area contributed by atoms with E-state index in [9.17, 15) is 4.79 Å². The van der Waals surface area contributed by atoms with Crippen LogP contribution in [0.1, 0.15) is 19.4 Å². The molecule has 1 saturated heterocycles. The van der Waals surface area contributed by atoms with Crippen LogP contribution in [0.2, 0.25) is 0 Å². The van der Waals surface area contributed by atoms with Crippen molar-refractivity contribution in [2.45, 2.75) is 25.9 Å². The second kappa shape index (κ2) is 6.19. The van der Waals surface area contributed by atoms with E-state index in [1.54, 1.807) is 0 Å². The third kappa shape index (κ3) is 2.66. The van der Waals surface area contributed by atoms with Crippen LogP contribution in [0.15, 0.2) is 37.1 Å². The highest BCUT2D eigenvalue weighted by Gasteiger charge is 2.31. The number of carbonyl (C=O) groups excluding carboxylic acids is 1. The molecule has 27 heavy (non-hydrogen) atoms. The zero-order valence-corrected chi connectivity index (χ0v) is 15.0. The first-order chi connectivity index (χ1) is 13.2. The van der Waals surface area contributed by atoms with Crippen molar-refractivity contribution in [2.24, 2.45) is 5.92 Å². The Labute approximate surface area is 155 Å². The molecular weight excluding hydrogens is 344 g/mol. The second-order valence-electron chi connectivity index (χ2n) is 7.21. The van der Waals surface area contributed by atoms with Gasteiger partial charge >= 0.3 is 0 Å². The monoisotopic (exact) mass is 364 g/mol. The number of tetrazole rings is 1. The van der Waals surface area contributed by atoms with Gasteiger partial charge in [0, 0.05) is 42.5 Å². The van der Waals surface area contributed by atoms with Crippen molar-refractivity contribution in [3.8, 4) is 0 Å². The summed E-state index contributed by atoms with van der Waals surface area (Å²) in [5.74, 6) is 0.518. The van der Waals surface area contributed by atoms with E-state index in [2.05, 4.69) is 55.3 Å². The van der Waals surface area contributed by atoms with Crippen molar-refractivity contribution in [1.29, 1.82) is 0 Å². The molecule has 4 aromatic rings. The summed E-state index contributed by atoms with van der Waals surface area (Å²) in [6, 6.07) is 4.38. The number of H-pyrrole nitrogens is 1. The van der Waals surface area contributed by atoms with Crippen LogP contribution < -0.4 is 0 Å². The van der Waals surface area contributed by atoms with Crippen molar-refractivity contribution < 1.29 is 4.79 Å². The minimum Gasteiger partial charge on any atom is -0.346 e. The van der Waals surface area contributed by atoms with Gasteiger partial charge in [-0.15, -0.1) is 5.10 Å². The summed E-state index contributed by atoms with van der Waals surface area (Å²) >= 11 is 0. The van der Waals surface area contributed by atoms with Gasteiger partial charge in [0.15, 0.2) is 0 Å². The highest BCUT2D eigenvalue weighted by atomic mass is 16.2. The van der Waals surface area contributed by atoms with Gasteiger partial charge in [-0.1, -0.05) is 6.92 Å². The van der Waals surface area contributed by atoms with Crippen molar-refractivity contribution in [2.75, 3.05) is 13.1 Å². The van der Waals surface area contributed by atoms with Gasteiger partial charge in [-0.25, -0.2) is 9.67 Å². The summed E-state index contributed by atoms with van der Waals surface area (Å²) in [4.78, 5) is 22.3. The number of aromatic amines is 1. The molecule has 0 saturated carbocycles. The Morgan fingerprint density at radius 2 is 2.30 bits per heavy atom. The predicted molar refractivity (Wildman–Crippen MR) is 98.8 cm³/mol. The summed E-state index contributed by atoms with van der Waals surface area (Å²) in [5, 5.41) is 13.2. The molecule has 5 heterocycles. The standard InChI is InChI=1S/C18H20N8O/c1-12-3-6-24(16(27)10-25-11-21-22-23-25)9-15(12)26-7-4-13-8-20-18-14(17(13)26)2-5-19-18/h2,4-5,7-8,11-12,15H,3,6,9-10H2,1H3,(H,19,20)/t12-,15+/m0/s1. The van der Waals surface area contributed by atoms with Gasteiger partial charge in [0.1, 0.15) is 18.5 Å². The van der Waals surface area contributed by atoms with Crippen molar-refractivity contribution >= 4 is 27.8 Å². The molecule has 1 aliphatic heterocycles. The number of fused-ring (bicyclic) bond motifs is 3. The van der Waals surface area contributed by atoms with Crippen LogP contribution in [-0.2, 0) is 11.3 Å². The molecule has 0 radical (unpaired) electrons. The molecule has 4 aromatic heterocycles. The first-order valence-corrected chi connectivity index (χ1v) is 9.12. The molecule has 0 bridgehead atoms. The molecular formula is C18H20N8O. The molecule has 9 heteroatoms. The fraction of sp³-hybridized carbons (Fsp3) is 0.389. The lowest BCUT2D eigenvalue weighted by Gasteiger charge is -2.38. The Balaban J connectivity index is 1.47. The number of amides is 1. The fourth-order valence-corrected chi connectivity index (χ4v) is 4.06. The minimum absolute atomic E-state index is 0.0455. The van der Waals surface area contributed by atoms with E-state index in [0.717, 1.165) is 29.4 Å². The second-order valence-corrected chi connectivity index (χ2v) is 7.21. The number of carbonyl (C=O) groups is 1. The number of aromatic nitrogens is 7. The van der Waals surface area contributed by atoms with Gasteiger partial charge in [-0.3, -0.25) is 4.79 Å². The highest BCUT2D eigenvalue weighted by molar-refractivity contribution is 6.02. The number of piperidine rings is 1. The van der Waals surface area contributed by atoms with E-state index in [1.807, 2.05) is 17.3 Å². The normalized spacial score (nSPS) is 20.6. The number of nitrogens with one attached hydrogen (secondary N) is 1. The molecule has 1 N–H and O–H groups in total. The summed E-state index contributed by atoms with van der Waals surface area (Å²) in [6.07, 6.45) is 8.37. The maximum absolute atomic E-state index is 12.7. The Bertz CT molecular complexity index is 1100. The molecule has 0 spiro atoms. The maximum atomic E-state index is 12.7. The number of nitrogens with zero attached hydrogens (tertiary/aromatic N) is 7. The lowest BCUT2D eigenvalue weighted by atomic mass is 9.93. The van der Waals surface area contributed by atoms with Crippen molar-refractivity contribution in [1.82, 2.24) is 39.6 Å². The topological polar surface area (TPSA) is 97.5 Å². The average Bonchev–Trinajstić information content (AvgIpc) is 3.41. The third-order valence-electron chi connectivity index (χ3n) is 5.58. The van der Waals surface area contributed by atoms with Gasteiger partial charge < -0.3 is 14.5 Å². The quantitative estimate of drug-likeness (QED) is 0.596. The van der Waals surface area contributed by atoms with Gasteiger partial charge in [-0.2, -0.15) is 0 Å². The Morgan fingerprint density at radius 1 is 1.37 bits per heavy atom. The van der Waals surface area contributed by atoms with Crippen LogP contribution >= 0.6 is 0 Å². The first-order valence-electron chi connectivity index (χ1n) is 9.12. The highest BCUT2D eigenvalue weighted by Crippen LogP contribution is 2.33. The zero-order valence-electron chi connectivity index (χ0n) is 15.0. The average molecular weight is 364 g/mol. The number of rotatable bonds is 3. The molecule has 138 valence electrons. The summed E-state index contributed by atoms with van der Waals surface area (Å²) in [7, 11) is 0. The zero-order chi connectivity index (χ0) is 18.4. The van der Waals surface area contributed by atoms with Gasteiger partial charge in [0.25, 0.3) is 0 Å². The van der Waals surface area contributed by atoms with E-state index in [0.29, 0.717) is 12.5 Å². The van der Waals surface area contributed by atoms with E-state index in [-0.39, 0.29) is 18.5 Å². The number of hydrogen-bond donors (Lipinski definition) is 1.